The van der Waals surface area contributed by atoms with Crippen LogP contribution in [0, 0.1) is 10.8 Å². The Bertz CT molecular complexity index is 1400. The number of nitrogens with zero attached hydrogens (tertiary/aromatic N) is 2. The van der Waals surface area contributed by atoms with Crippen LogP contribution < -0.4 is 10.6 Å². The normalized spacial score (nSPS) is 10.7. The zero-order valence-electron chi connectivity index (χ0n) is 21.5. The van der Waals surface area contributed by atoms with E-state index in [-0.39, 0.29) is 0 Å². The fourth-order valence-corrected chi connectivity index (χ4v) is 4.18. The second-order valence-electron chi connectivity index (χ2n) is 9.06. The summed E-state index contributed by atoms with van der Waals surface area (Å²) >= 11 is 0. The minimum absolute atomic E-state index is 0.384. The Balaban J connectivity index is 1.14. The van der Waals surface area contributed by atoms with Crippen molar-refractivity contribution in [2.24, 2.45) is 0 Å². The van der Waals surface area contributed by atoms with Gasteiger partial charge in [-0.05, 0) is 36.4 Å². The van der Waals surface area contributed by atoms with Crippen LogP contribution in [0.3, 0.4) is 0 Å². The van der Waals surface area contributed by atoms with Gasteiger partial charge in [0.15, 0.2) is 0 Å². The summed E-state index contributed by atoms with van der Waals surface area (Å²) in [5.74, 6) is 2.29. The molecule has 5 aromatic rings. The van der Waals surface area contributed by atoms with Crippen molar-refractivity contribution in [3.63, 3.8) is 0 Å². The monoisotopic (exact) mass is 514 g/mol. The maximum Gasteiger partial charge on any atom is 0.134 e. The molecule has 0 radical (unpaired) electrons. The molecule has 0 bridgehead atoms. The van der Waals surface area contributed by atoms with E-state index in [0.29, 0.717) is 24.8 Å². The lowest BCUT2D eigenvalue weighted by atomic mass is 10.1. The van der Waals surface area contributed by atoms with Gasteiger partial charge >= 0.3 is 0 Å². The molecule has 0 aliphatic heterocycles. The summed E-state index contributed by atoms with van der Waals surface area (Å²) < 4.78 is 6.13. The average molecular weight is 515 g/mol. The van der Waals surface area contributed by atoms with Crippen molar-refractivity contribution in [3.8, 4) is 22.6 Å². The van der Waals surface area contributed by atoms with Crippen molar-refractivity contribution in [1.29, 1.82) is 10.8 Å². The van der Waals surface area contributed by atoms with Gasteiger partial charge in [-0.1, -0.05) is 60.7 Å². The van der Waals surface area contributed by atoms with E-state index in [1.165, 1.54) is 0 Å². The molecule has 0 aliphatic rings. The Kier molecular flexibility index (Phi) is 8.19. The molecule has 3 heterocycles. The quantitative estimate of drug-likeness (QED) is 0.141. The molecule has 0 saturated carbocycles. The number of amidine groups is 2. The second-order valence-corrected chi connectivity index (χ2v) is 9.06. The molecule has 0 aliphatic carbocycles. The van der Waals surface area contributed by atoms with Crippen LogP contribution >= 0.6 is 0 Å². The Labute approximate surface area is 228 Å². The Morgan fingerprint density at radius 1 is 0.564 bits per heavy atom. The molecule has 7 nitrogen and oxygen atoms in total. The minimum atomic E-state index is 0.384. The van der Waals surface area contributed by atoms with Crippen LogP contribution in [-0.2, 0) is 12.8 Å². The van der Waals surface area contributed by atoms with Crippen molar-refractivity contribution >= 4 is 11.7 Å². The largest absolute Gasteiger partial charge is 0.456 e. The number of aromatic nitrogens is 2. The molecule has 2 aromatic carbocycles. The van der Waals surface area contributed by atoms with Crippen LogP contribution in [0.5, 0.6) is 0 Å². The van der Waals surface area contributed by atoms with E-state index in [2.05, 4.69) is 20.6 Å². The maximum atomic E-state index is 8.33. The first kappa shape index (κ1) is 25.6. The van der Waals surface area contributed by atoms with Gasteiger partial charge in [0.25, 0.3) is 0 Å². The number of hydrogen-bond donors (Lipinski definition) is 4. The lowest BCUT2D eigenvalue weighted by Crippen LogP contribution is -2.25. The smallest absolute Gasteiger partial charge is 0.134 e. The van der Waals surface area contributed by atoms with Gasteiger partial charge in [-0.2, -0.15) is 0 Å². The van der Waals surface area contributed by atoms with Crippen molar-refractivity contribution in [2.45, 2.75) is 12.8 Å². The number of furan rings is 1. The van der Waals surface area contributed by atoms with Crippen LogP contribution in [0.2, 0.25) is 0 Å². The Morgan fingerprint density at radius 3 is 1.38 bits per heavy atom. The summed E-state index contributed by atoms with van der Waals surface area (Å²) in [4.78, 5) is 8.63. The number of benzene rings is 2. The minimum Gasteiger partial charge on any atom is -0.456 e. The Hall–Kier alpha value is -5.04. The predicted molar refractivity (Wildman–Crippen MR) is 155 cm³/mol. The highest BCUT2D eigenvalue weighted by atomic mass is 16.3. The number of nitrogens with one attached hydrogen (secondary N) is 4. The highest BCUT2D eigenvalue weighted by molar-refractivity contribution is 5.97. The highest BCUT2D eigenvalue weighted by Gasteiger charge is 2.09. The molecule has 0 amide bonds. The molecule has 7 heteroatoms. The molecule has 194 valence electrons. The number of hydrogen-bond acceptors (Lipinski definition) is 5. The van der Waals surface area contributed by atoms with Crippen LogP contribution in [0.1, 0.15) is 22.5 Å². The third-order valence-corrected chi connectivity index (χ3v) is 6.34. The van der Waals surface area contributed by atoms with Gasteiger partial charge in [-0.25, -0.2) is 0 Å². The Morgan fingerprint density at radius 2 is 1.00 bits per heavy atom. The molecule has 0 atom stereocenters. The zero-order valence-corrected chi connectivity index (χ0v) is 21.5. The standard InChI is InChI=1S/C32H30N6O/c33-31(37-21-17-27-5-1-3-19-35-27)25-11-7-23(8-12-25)29-15-16-30(39-29)24-9-13-26(14-10-24)32(34)38-22-18-28-6-2-4-20-36-28/h1-16,19-20H,17-18,21-22H2,(H2,33,37)(H2,34,38). The van der Waals surface area contributed by atoms with E-state index in [1.807, 2.05) is 97.1 Å². The molecule has 4 N–H and O–H groups in total. The first-order chi connectivity index (χ1) is 19.2. The van der Waals surface area contributed by atoms with E-state index in [0.717, 1.165) is 58.0 Å². The SMILES string of the molecule is N=C(NCCc1ccccn1)c1ccc(-c2ccc(-c3ccc(C(=N)NCCc4ccccn4)cc3)o2)cc1. The maximum absolute atomic E-state index is 8.33. The van der Waals surface area contributed by atoms with Gasteiger partial charge < -0.3 is 15.1 Å². The fraction of sp³-hybridized carbons (Fsp3) is 0.125. The van der Waals surface area contributed by atoms with Crippen LogP contribution in [-0.4, -0.2) is 34.7 Å². The van der Waals surface area contributed by atoms with Gasteiger partial charge in [-0.15, -0.1) is 0 Å². The van der Waals surface area contributed by atoms with E-state index >= 15 is 0 Å². The van der Waals surface area contributed by atoms with Crippen LogP contribution in [0.4, 0.5) is 0 Å². The predicted octanol–water partition coefficient (Wildman–Crippen LogP) is 5.72. The second kappa shape index (κ2) is 12.5. The van der Waals surface area contributed by atoms with Crippen molar-refractivity contribution in [1.82, 2.24) is 20.6 Å². The lowest BCUT2D eigenvalue weighted by Gasteiger charge is -2.09. The third-order valence-electron chi connectivity index (χ3n) is 6.34. The molecule has 0 saturated heterocycles. The molecule has 0 unspecified atom stereocenters. The first-order valence-electron chi connectivity index (χ1n) is 12.9. The van der Waals surface area contributed by atoms with Gasteiger partial charge in [0, 0.05) is 72.0 Å². The average Bonchev–Trinajstić information content (AvgIpc) is 3.49. The summed E-state index contributed by atoms with van der Waals surface area (Å²) in [6, 6.07) is 31.2. The summed E-state index contributed by atoms with van der Waals surface area (Å²) in [7, 11) is 0. The van der Waals surface area contributed by atoms with E-state index in [1.54, 1.807) is 12.4 Å². The molecular weight excluding hydrogens is 484 g/mol. The summed E-state index contributed by atoms with van der Waals surface area (Å²) in [6.07, 6.45) is 5.10. The molecular formula is C32H30N6O. The summed E-state index contributed by atoms with van der Waals surface area (Å²) in [5.41, 5.74) is 5.53. The molecule has 0 fully saturated rings. The number of rotatable bonds is 10. The van der Waals surface area contributed by atoms with Gasteiger partial charge in [0.1, 0.15) is 23.2 Å². The summed E-state index contributed by atoms with van der Waals surface area (Å²) in [5, 5.41) is 23.0. The molecule has 0 spiro atoms. The number of pyridine rings is 2. The molecule has 39 heavy (non-hydrogen) atoms. The zero-order chi connectivity index (χ0) is 26.9. The fourth-order valence-electron chi connectivity index (χ4n) is 4.18. The lowest BCUT2D eigenvalue weighted by molar-refractivity contribution is 0.597. The van der Waals surface area contributed by atoms with E-state index < -0.39 is 0 Å². The van der Waals surface area contributed by atoms with E-state index in [9.17, 15) is 0 Å². The van der Waals surface area contributed by atoms with Crippen LogP contribution in [0.15, 0.2) is 114 Å². The molecule has 5 rings (SSSR count). The highest BCUT2D eigenvalue weighted by Crippen LogP contribution is 2.29. The van der Waals surface area contributed by atoms with Gasteiger partial charge in [0.2, 0.25) is 0 Å². The summed E-state index contributed by atoms with van der Waals surface area (Å²) in [6.45, 7) is 1.30. The van der Waals surface area contributed by atoms with E-state index in [4.69, 9.17) is 15.2 Å². The van der Waals surface area contributed by atoms with Gasteiger partial charge in [0.05, 0.1) is 0 Å². The van der Waals surface area contributed by atoms with Crippen molar-refractivity contribution in [2.75, 3.05) is 13.1 Å². The topological polar surface area (TPSA) is 111 Å². The first-order valence-corrected chi connectivity index (χ1v) is 12.9. The van der Waals surface area contributed by atoms with Crippen molar-refractivity contribution in [3.05, 3.63) is 132 Å². The third kappa shape index (κ3) is 6.84. The van der Waals surface area contributed by atoms with Crippen LogP contribution in [0.25, 0.3) is 22.6 Å². The van der Waals surface area contributed by atoms with Crippen molar-refractivity contribution < 1.29 is 4.42 Å². The molecule has 3 aromatic heterocycles. The van der Waals surface area contributed by atoms with Gasteiger partial charge in [-0.3, -0.25) is 20.8 Å².